The van der Waals surface area contributed by atoms with Gasteiger partial charge >= 0.3 is 12.1 Å². The smallest absolute Gasteiger partial charge is 0.475 e. The summed E-state index contributed by atoms with van der Waals surface area (Å²) >= 11 is 0. The third-order valence-electron chi connectivity index (χ3n) is 6.09. The van der Waals surface area contributed by atoms with E-state index in [4.69, 9.17) is 14.3 Å². The Hall–Kier alpha value is -3.63. The molecule has 0 unspecified atom stereocenters. The number of piperazine rings is 1. The van der Waals surface area contributed by atoms with Gasteiger partial charge in [0.1, 0.15) is 11.6 Å². The molecule has 1 saturated heterocycles. The molecular formula is C26H25F4N3O3. The van der Waals surface area contributed by atoms with Gasteiger partial charge in [0.05, 0.1) is 12.8 Å². The first kappa shape index (κ1) is 25.5. The molecule has 4 aromatic rings. The molecule has 2 aromatic heterocycles. The number of nitrogens with one attached hydrogen (secondary N) is 1. The number of fused-ring (bicyclic) bond motifs is 1. The van der Waals surface area contributed by atoms with Crippen molar-refractivity contribution in [2.24, 2.45) is 0 Å². The van der Waals surface area contributed by atoms with E-state index in [9.17, 15) is 17.6 Å². The van der Waals surface area contributed by atoms with Gasteiger partial charge in [-0.05, 0) is 60.0 Å². The summed E-state index contributed by atoms with van der Waals surface area (Å²) in [4.78, 5) is 16.9. The topological polar surface area (TPSA) is 72.7 Å². The van der Waals surface area contributed by atoms with Crippen molar-refractivity contribution in [3.63, 3.8) is 0 Å². The minimum absolute atomic E-state index is 0.195. The molecule has 0 saturated carbocycles. The molecule has 6 nitrogen and oxygen atoms in total. The average molecular weight is 503 g/mol. The Morgan fingerprint density at radius 3 is 2.50 bits per heavy atom. The van der Waals surface area contributed by atoms with Crippen molar-refractivity contribution in [2.75, 3.05) is 26.7 Å². The van der Waals surface area contributed by atoms with Crippen LogP contribution in [0.5, 0.6) is 0 Å². The number of aromatic nitrogens is 1. The molecule has 5 rings (SSSR count). The van der Waals surface area contributed by atoms with Gasteiger partial charge in [-0.15, -0.1) is 0 Å². The predicted octanol–water partition coefficient (Wildman–Crippen LogP) is 5.69. The minimum atomic E-state index is -5.08. The van der Waals surface area contributed by atoms with Gasteiger partial charge in [-0.2, -0.15) is 13.2 Å². The molecule has 0 spiro atoms. The average Bonchev–Trinajstić information content (AvgIpc) is 3.49. The number of rotatable bonds is 4. The molecule has 10 heteroatoms. The second-order valence-electron chi connectivity index (χ2n) is 8.68. The maximum absolute atomic E-state index is 13.4. The van der Waals surface area contributed by atoms with E-state index in [0.717, 1.165) is 54.1 Å². The number of carboxylic acid groups (broad SMARTS) is 1. The van der Waals surface area contributed by atoms with Crippen LogP contribution in [-0.2, 0) is 11.3 Å². The lowest BCUT2D eigenvalue weighted by molar-refractivity contribution is -0.192. The van der Waals surface area contributed by atoms with E-state index in [1.165, 1.54) is 5.39 Å². The second-order valence-corrected chi connectivity index (χ2v) is 8.68. The van der Waals surface area contributed by atoms with Crippen LogP contribution >= 0.6 is 0 Å². The molecule has 1 aliphatic heterocycles. The van der Waals surface area contributed by atoms with Crippen LogP contribution in [0.2, 0.25) is 0 Å². The fourth-order valence-corrected chi connectivity index (χ4v) is 4.20. The Morgan fingerprint density at radius 1 is 1.08 bits per heavy atom. The van der Waals surface area contributed by atoms with Crippen molar-refractivity contribution in [3.8, 4) is 11.1 Å². The second kappa shape index (κ2) is 10.5. The molecule has 0 radical (unpaired) electrons. The summed E-state index contributed by atoms with van der Waals surface area (Å²) in [6, 6.07) is 17.7. The Kier molecular flexibility index (Phi) is 7.46. The largest absolute Gasteiger partial charge is 0.490 e. The number of likely N-dealkylation sites (N-methyl/N-ethyl adjacent to an activating group) is 1. The highest BCUT2D eigenvalue weighted by Gasteiger charge is 2.38. The van der Waals surface area contributed by atoms with Crippen LogP contribution in [0, 0.1) is 5.82 Å². The number of nitrogens with zero attached hydrogens (tertiary/aromatic N) is 2. The van der Waals surface area contributed by atoms with Gasteiger partial charge in [-0.3, -0.25) is 4.90 Å². The SMILES string of the molecule is CN1CCN(Cc2cc(-c3ccc4[nH]ccc4c3)co2)[C@@H](c2ccc(F)cc2)C1.O=C(O)C(F)(F)F. The van der Waals surface area contributed by atoms with Crippen LogP contribution in [0.15, 0.2) is 71.5 Å². The highest BCUT2D eigenvalue weighted by Crippen LogP contribution is 2.30. The molecule has 1 aliphatic rings. The molecule has 2 aromatic carbocycles. The number of benzene rings is 2. The first-order chi connectivity index (χ1) is 17.1. The summed E-state index contributed by atoms with van der Waals surface area (Å²) in [5.74, 6) is -2.00. The molecule has 0 aliphatic carbocycles. The molecule has 0 amide bonds. The Morgan fingerprint density at radius 2 is 1.81 bits per heavy atom. The minimum Gasteiger partial charge on any atom is -0.475 e. The summed E-state index contributed by atoms with van der Waals surface area (Å²) in [6.45, 7) is 3.62. The first-order valence-electron chi connectivity index (χ1n) is 11.2. The van der Waals surface area contributed by atoms with E-state index in [0.29, 0.717) is 0 Å². The first-order valence-corrected chi connectivity index (χ1v) is 11.2. The fraction of sp³-hybridized carbons (Fsp3) is 0.269. The highest BCUT2D eigenvalue weighted by molar-refractivity contribution is 5.84. The van der Waals surface area contributed by atoms with Gasteiger partial charge in [-0.1, -0.05) is 18.2 Å². The number of H-pyrrole nitrogens is 1. The standard InChI is InChI=1S/C24H24FN3O.C2HF3O2/c1-27-10-11-28(24(15-27)17-2-5-21(25)6-3-17)14-22-13-20(16-29-22)18-4-7-23-19(12-18)8-9-26-23;3-2(4,5)1(6)7/h2-9,12-13,16,24,26H,10-11,14-15H2,1H3;(H,6,7)/t24-;/m1./s1. The number of aliphatic carboxylic acids is 1. The van der Waals surface area contributed by atoms with Crippen LogP contribution in [0.4, 0.5) is 17.6 Å². The Labute approximate surface area is 204 Å². The molecule has 1 fully saturated rings. The van der Waals surface area contributed by atoms with Gasteiger partial charge in [0.25, 0.3) is 0 Å². The third kappa shape index (κ3) is 6.13. The van der Waals surface area contributed by atoms with E-state index in [1.54, 1.807) is 12.1 Å². The summed E-state index contributed by atoms with van der Waals surface area (Å²) in [7, 11) is 2.13. The molecule has 3 heterocycles. The number of hydrogen-bond donors (Lipinski definition) is 2. The number of halogens is 4. The van der Waals surface area contributed by atoms with Crippen molar-refractivity contribution >= 4 is 16.9 Å². The van der Waals surface area contributed by atoms with Gasteiger partial charge in [-0.25, -0.2) is 9.18 Å². The van der Waals surface area contributed by atoms with Crippen molar-refractivity contribution in [1.82, 2.24) is 14.8 Å². The molecule has 190 valence electrons. The number of carboxylic acids is 1. The molecule has 1 atom stereocenters. The van der Waals surface area contributed by atoms with Crippen molar-refractivity contribution < 1.29 is 31.9 Å². The van der Waals surface area contributed by atoms with Crippen LogP contribution < -0.4 is 0 Å². The normalized spacial score (nSPS) is 17.1. The molecule has 2 N–H and O–H groups in total. The maximum atomic E-state index is 13.4. The van der Waals surface area contributed by atoms with Gasteiger partial charge in [0, 0.05) is 43.0 Å². The molecular weight excluding hydrogens is 478 g/mol. The zero-order valence-electron chi connectivity index (χ0n) is 19.4. The molecule has 0 bridgehead atoms. The quantitative estimate of drug-likeness (QED) is 0.350. The van der Waals surface area contributed by atoms with Crippen LogP contribution in [-0.4, -0.2) is 58.7 Å². The van der Waals surface area contributed by atoms with E-state index < -0.39 is 12.1 Å². The lowest BCUT2D eigenvalue weighted by Gasteiger charge is -2.40. The van der Waals surface area contributed by atoms with Gasteiger partial charge in [0.15, 0.2) is 0 Å². The third-order valence-corrected chi connectivity index (χ3v) is 6.09. The number of alkyl halides is 3. The Balaban J connectivity index is 0.000000384. The summed E-state index contributed by atoms with van der Waals surface area (Å²) < 4.78 is 51.0. The zero-order valence-corrected chi connectivity index (χ0v) is 19.4. The highest BCUT2D eigenvalue weighted by atomic mass is 19.4. The maximum Gasteiger partial charge on any atom is 0.490 e. The van der Waals surface area contributed by atoms with E-state index >= 15 is 0 Å². The number of carbonyl (C=O) groups is 1. The predicted molar refractivity (Wildman–Crippen MR) is 127 cm³/mol. The van der Waals surface area contributed by atoms with Gasteiger partial charge < -0.3 is 19.4 Å². The van der Waals surface area contributed by atoms with E-state index in [1.807, 2.05) is 24.6 Å². The number of hydrogen-bond acceptors (Lipinski definition) is 4. The summed E-state index contributed by atoms with van der Waals surface area (Å²) in [5, 5.41) is 8.32. The van der Waals surface area contributed by atoms with Crippen LogP contribution in [0.3, 0.4) is 0 Å². The van der Waals surface area contributed by atoms with Crippen molar-refractivity contribution in [3.05, 3.63) is 84.2 Å². The van der Waals surface area contributed by atoms with Crippen LogP contribution in [0.1, 0.15) is 17.4 Å². The summed E-state index contributed by atoms with van der Waals surface area (Å²) in [6.07, 6.45) is -1.29. The van der Waals surface area contributed by atoms with Crippen molar-refractivity contribution in [1.29, 1.82) is 0 Å². The van der Waals surface area contributed by atoms with Gasteiger partial charge in [0.2, 0.25) is 0 Å². The van der Waals surface area contributed by atoms with Crippen molar-refractivity contribution in [2.45, 2.75) is 18.8 Å². The molecule has 36 heavy (non-hydrogen) atoms. The monoisotopic (exact) mass is 503 g/mol. The van der Waals surface area contributed by atoms with E-state index in [-0.39, 0.29) is 11.9 Å². The summed E-state index contributed by atoms with van der Waals surface area (Å²) in [5.41, 5.74) is 4.52. The fourth-order valence-electron chi connectivity index (χ4n) is 4.20. The number of furan rings is 1. The van der Waals surface area contributed by atoms with E-state index in [2.05, 4.69) is 52.2 Å². The Bertz CT molecular complexity index is 1310. The lowest BCUT2D eigenvalue weighted by Crippen LogP contribution is -2.46. The zero-order chi connectivity index (χ0) is 25.9. The van der Waals surface area contributed by atoms with Crippen LogP contribution in [0.25, 0.3) is 22.0 Å². The lowest BCUT2D eigenvalue weighted by atomic mass is 10.0. The number of aromatic amines is 1.